The Kier molecular flexibility index (Phi) is 6.10. The Balaban J connectivity index is 2.04. The first kappa shape index (κ1) is 19.7. The van der Waals surface area contributed by atoms with E-state index < -0.39 is 28.7 Å². The van der Waals surface area contributed by atoms with Crippen LogP contribution in [0.15, 0.2) is 29.2 Å². The van der Waals surface area contributed by atoms with E-state index in [0.717, 1.165) is 25.7 Å². The molecule has 0 saturated heterocycles. The van der Waals surface area contributed by atoms with Crippen molar-refractivity contribution in [3.05, 3.63) is 29.8 Å². The van der Waals surface area contributed by atoms with E-state index in [-0.39, 0.29) is 22.4 Å². The van der Waals surface area contributed by atoms with Crippen molar-refractivity contribution in [2.24, 2.45) is 5.92 Å². The summed E-state index contributed by atoms with van der Waals surface area (Å²) in [5, 5.41) is 1.74. The summed E-state index contributed by atoms with van der Waals surface area (Å²) in [4.78, 5) is 11.6. The fraction of sp³-hybridized carbons (Fsp3) is 0.562. The first-order valence-corrected chi connectivity index (χ1v) is 9.54. The Hall–Kier alpha value is -1.61. The van der Waals surface area contributed by atoms with Gasteiger partial charge in [-0.3, -0.25) is 4.79 Å². The number of rotatable bonds is 5. The van der Waals surface area contributed by atoms with Crippen molar-refractivity contribution in [1.29, 1.82) is 0 Å². The maximum absolute atomic E-state index is 12.4. The summed E-state index contributed by atoms with van der Waals surface area (Å²) >= 11 is 0. The lowest BCUT2D eigenvalue weighted by molar-refractivity contribution is -0.123. The molecular formula is C16H21F3N2O3S. The van der Waals surface area contributed by atoms with Gasteiger partial charge in [0.05, 0.1) is 4.90 Å². The maximum atomic E-state index is 12.4. The molecule has 0 bridgehead atoms. The molecule has 0 heterocycles. The number of hydrogen-bond acceptors (Lipinski definition) is 3. The number of carbonyl (C=O) groups is 1. The predicted molar refractivity (Wildman–Crippen MR) is 86.6 cm³/mol. The second-order valence-corrected chi connectivity index (χ2v) is 8.03. The standard InChI is InChI=1S/C16H21F3N2O3S/c1-11-4-2-3-5-14(11)21-25(23,24)13-8-6-12(7-9-13)15(22)20-10-16(17,18)19/h6-9,11,14,21H,2-5,10H2,1H3,(H,20,22). The molecule has 2 N–H and O–H groups in total. The lowest BCUT2D eigenvalue weighted by Crippen LogP contribution is -2.41. The zero-order valence-electron chi connectivity index (χ0n) is 13.8. The largest absolute Gasteiger partial charge is 0.405 e. The first-order valence-electron chi connectivity index (χ1n) is 8.06. The minimum absolute atomic E-state index is 0.0161. The quantitative estimate of drug-likeness (QED) is 0.827. The Morgan fingerprint density at radius 2 is 1.76 bits per heavy atom. The molecule has 1 amide bonds. The van der Waals surface area contributed by atoms with Gasteiger partial charge in [-0.2, -0.15) is 13.2 Å². The molecule has 0 spiro atoms. The molecule has 1 aliphatic rings. The smallest absolute Gasteiger partial charge is 0.343 e. The summed E-state index contributed by atoms with van der Waals surface area (Å²) in [6.45, 7) is 0.563. The van der Waals surface area contributed by atoms with Crippen molar-refractivity contribution in [2.45, 2.75) is 49.7 Å². The summed E-state index contributed by atoms with van der Waals surface area (Å²) in [5.74, 6) is -0.661. The summed E-state index contributed by atoms with van der Waals surface area (Å²) < 4.78 is 63.8. The van der Waals surface area contributed by atoms with Gasteiger partial charge in [0, 0.05) is 11.6 Å². The molecule has 0 radical (unpaired) electrons. The van der Waals surface area contributed by atoms with Gasteiger partial charge in [0.25, 0.3) is 5.91 Å². The predicted octanol–water partition coefficient (Wildman–Crippen LogP) is 2.84. The summed E-state index contributed by atoms with van der Waals surface area (Å²) in [6, 6.07) is 4.71. The second kappa shape index (κ2) is 7.74. The fourth-order valence-electron chi connectivity index (χ4n) is 2.83. The van der Waals surface area contributed by atoms with Gasteiger partial charge < -0.3 is 5.32 Å². The molecule has 0 aromatic heterocycles. The molecule has 1 aliphatic carbocycles. The molecule has 1 aromatic carbocycles. The molecule has 25 heavy (non-hydrogen) atoms. The summed E-state index contributed by atoms with van der Waals surface area (Å²) in [7, 11) is -3.73. The third kappa shape index (κ3) is 5.71. The van der Waals surface area contributed by atoms with Crippen molar-refractivity contribution in [2.75, 3.05) is 6.54 Å². The van der Waals surface area contributed by atoms with Crippen LogP contribution in [0, 0.1) is 5.92 Å². The van der Waals surface area contributed by atoms with E-state index >= 15 is 0 Å². The molecule has 2 rings (SSSR count). The van der Waals surface area contributed by atoms with Gasteiger partial charge in [-0.25, -0.2) is 13.1 Å². The minimum atomic E-state index is -4.50. The number of sulfonamides is 1. The van der Waals surface area contributed by atoms with Crippen LogP contribution in [-0.2, 0) is 10.0 Å². The van der Waals surface area contributed by atoms with Crippen LogP contribution in [0.4, 0.5) is 13.2 Å². The van der Waals surface area contributed by atoms with Crippen molar-refractivity contribution >= 4 is 15.9 Å². The highest BCUT2D eigenvalue weighted by Gasteiger charge is 2.29. The topological polar surface area (TPSA) is 75.3 Å². The third-order valence-electron chi connectivity index (χ3n) is 4.29. The van der Waals surface area contributed by atoms with Crippen molar-refractivity contribution in [3.8, 4) is 0 Å². The van der Waals surface area contributed by atoms with Crippen LogP contribution in [0.2, 0.25) is 0 Å². The number of hydrogen-bond donors (Lipinski definition) is 2. The van der Waals surface area contributed by atoms with E-state index in [1.54, 1.807) is 5.32 Å². The number of halogens is 3. The highest BCUT2D eigenvalue weighted by Crippen LogP contribution is 2.25. The molecular weight excluding hydrogens is 357 g/mol. The molecule has 1 saturated carbocycles. The maximum Gasteiger partial charge on any atom is 0.405 e. The van der Waals surface area contributed by atoms with E-state index in [1.165, 1.54) is 24.3 Å². The van der Waals surface area contributed by atoms with Gasteiger partial charge in [0.15, 0.2) is 0 Å². The highest BCUT2D eigenvalue weighted by molar-refractivity contribution is 7.89. The Labute approximate surface area is 145 Å². The zero-order valence-corrected chi connectivity index (χ0v) is 14.6. The molecule has 5 nitrogen and oxygen atoms in total. The van der Waals surface area contributed by atoms with Gasteiger partial charge in [-0.05, 0) is 43.0 Å². The van der Waals surface area contributed by atoms with Crippen LogP contribution in [0.1, 0.15) is 43.0 Å². The lowest BCUT2D eigenvalue weighted by atomic mass is 9.87. The normalized spacial score (nSPS) is 21.8. The second-order valence-electron chi connectivity index (χ2n) is 6.31. The molecule has 2 atom stereocenters. The molecule has 2 unspecified atom stereocenters. The van der Waals surface area contributed by atoms with Crippen LogP contribution < -0.4 is 10.0 Å². The molecule has 1 aromatic rings. The van der Waals surface area contributed by atoms with Gasteiger partial charge in [0.2, 0.25) is 10.0 Å². The van der Waals surface area contributed by atoms with Gasteiger partial charge in [-0.15, -0.1) is 0 Å². The monoisotopic (exact) mass is 378 g/mol. The van der Waals surface area contributed by atoms with E-state index in [4.69, 9.17) is 0 Å². The molecule has 140 valence electrons. The molecule has 1 fully saturated rings. The van der Waals surface area contributed by atoms with Crippen molar-refractivity contribution in [1.82, 2.24) is 10.0 Å². The van der Waals surface area contributed by atoms with Crippen LogP contribution in [0.5, 0.6) is 0 Å². The number of nitrogens with one attached hydrogen (secondary N) is 2. The average Bonchev–Trinajstić information content (AvgIpc) is 2.54. The van der Waals surface area contributed by atoms with Crippen molar-refractivity contribution in [3.63, 3.8) is 0 Å². The zero-order chi connectivity index (χ0) is 18.7. The van der Waals surface area contributed by atoms with Gasteiger partial charge in [0.1, 0.15) is 6.54 Å². The Bertz CT molecular complexity index is 702. The number of benzene rings is 1. The number of carbonyl (C=O) groups excluding carboxylic acids is 1. The lowest BCUT2D eigenvalue weighted by Gasteiger charge is -2.29. The van der Waals surface area contributed by atoms with E-state index in [2.05, 4.69) is 4.72 Å². The number of amides is 1. The Morgan fingerprint density at radius 1 is 1.16 bits per heavy atom. The summed E-state index contributed by atoms with van der Waals surface area (Å²) in [5.41, 5.74) is -0.0331. The summed E-state index contributed by atoms with van der Waals surface area (Å²) in [6.07, 6.45) is -0.708. The van der Waals surface area contributed by atoms with Gasteiger partial charge in [-0.1, -0.05) is 19.8 Å². The fourth-order valence-corrected chi connectivity index (χ4v) is 4.21. The molecule has 9 heteroatoms. The first-order chi connectivity index (χ1) is 11.6. The highest BCUT2D eigenvalue weighted by atomic mass is 32.2. The Morgan fingerprint density at radius 3 is 2.32 bits per heavy atom. The van der Waals surface area contributed by atoms with Crippen LogP contribution in [-0.4, -0.2) is 33.1 Å². The average molecular weight is 378 g/mol. The SMILES string of the molecule is CC1CCCCC1NS(=O)(=O)c1ccc(C(=O)NCC(F)(F)F)cc1. The van der Waals surface area contributed by atoms with Crippen LogP contribution >= 0.6 is 0 Å². The van der Waals surface area contributed by atoms with Crippen LogP contribution in [0.25, 0.3) is 0 Å². The number of alkyl halides is 3. The third-order valence-corrected chi connectivity index (χ3v) is 5.80. The van der Waals surface area contributed by atoms with Crippen LogP contribution in [0.3, 0.4) is 0 Å². The molecule has 0 aliphatic heterocycles. The minimum Gasteiger partial charge on any atom is -0.343 e. The van der Waals surface area contributed by atoms with E-state index in [1.807, 2.05) is 6.92 Å². The van der Waals surface area contributed by atoms with Crippen molar-refractivity contribution < 1.29 is 26.4 Å². The van der Waals surface area contributed by atoms with Gasteiger partial charge >= 0.3 is 6.18 Å². The van der Waals surface area contributed by atoms with E-state index in [0.29, 0.717) is 0 Å². The van der Waals surface area contributed by atoms with E-state index in [9.17, 15) is 26.4 Å².